The maximum atomic E-state index is 12.6. The number of anilines is 1. The largest absolute Gasteiger partial charge is 0.342 e. The van der Waals surface area contributed by atoms with Crippen LogP contribution >= 0.6 is 0 Å². The van der Waals surface area contributed by atoms with Crippen molar-refractivity contribution in [3.8, 4) is 0 Å². The number of nitrogens with zero attached hydrogens (tertiary/aromatic N) is 3. The van der Waals surface area contributed by atoms with E-state index in [9.17, 15) is 9.59 Å². The summed E-state index contributed by atoms with van der Waals surface area (Å²) in [5, 5.41) is 0. The van der Waals surface area contributed by atoms with Gasteiger partial charge in [-0.15, -0.1) is 0 Å². The monoisotopic (exact) mass is 301 g/mol. The van der Waals surface area contributed by atoms with E-state index in [1.165, 1.54) is 5.56 Å². The SMILES string of the molecule is CC(=O)N1CCCN(CC(=O)N2CCc3ccccc32)CC1. The van der Waals surface area contributed by atoms with E-state index < -0.39 is 0 Å². The molecule has 5 nitrogen and oxygen atoms in total. The van der Waals surface area contributed by atoms with Crippen molar-refractivity contribution in [1.29, 1.82) is 0 Å². The van der Waals surface area contributed by atoms with Crippen LogP contribution in [0.15, 0.2) is 24.3 Å². The van der Waals surface area contributed by atoms with Crippen molar-refractivity contribution in [2.75, 3.05) is 44.2 Å². The summed E-state index contributed by atoms with van der Waals surface area (Å²) in [6.07, 6.45) is 1.88. The summed E-state index contributed by atoms with van der Waals surface area (Å²) in [6, 6.07) is 8.14. The lowest BCUT2D eigenvalue weighted by Gasteiger charge is -2.24. The van der Waals surface area contributed by atoms with Crippen molar-refractivity contribution in [2.45, 2.75) is 19.8 Å². The summed E-state index contributed by atoms with van der Waals surface area (Å²) >= 11 is 0. The zero-order chi connectivity index (χ0) is 15.5. The Morgan fingerprint density at radius 1 is 1.05 bits per heavy atom. The van der Waals surface area contributed by atoms with E-state index in [-0.39, 0.29) is 11.8 Å². The summed E-state index contributed by atoms with van der Waals surface area (Å²) < 4.78 is 0. The van der Waals surface area contributed by atoms with Gasteiger partial charge < -0.3 is 9.80 Å². The topological polar surface area (TPSA) is 43.9 Å². The molecule has 118 valence electrons. The van der Waals surface area contributed by atoms with Crippen LogP contribution in [0.2, 0.25) is 0 Å². The smallest absolute Gasteiger partial charge is 0.241 e. The van der Waals surface area contributed by atoms with Crippen LogP contribution in [-0.2, 0) is 16.0 Å². The van der Waals surface area contributed by atoms with Crippen molar-refractivity contribution < 1.29 is 9.59 Å². The predicted molar refractivity (Wildman–Crippen MR) is 85.8 cm³/mol. The van der Waals surface area contributed by atoms with Crippen molar-refractivity contribution in [3.63, 3.8) is 0 Å². The Balaban J connectivity index is 1.60. The zero-order valence-corrected chi connectivity index (χ0v) is 13.1. The molecule has 0 saturated carbocycles. The fourth-order valence-corrected chi connectivity index (χ4v) is 3.32. The standard InChI is InChI=1S/C17H23N3O2/c1-14(21)19-9-4-8-18(11-12-19)13-17(22)20-10-7-15-5-2-3-6-16(15)20/h2-3,5-6H,4,7-13H2,1H3. The number of benzene rings is 1. The minimum atomic E-state index is 0.127. The Kier molecular flexibility index (Phi) is 4.43. The quantitative estimate of drug-likeness (QED) is 0.822. The third-order valence-corrected chi connectivity index (χ3v) is 4.58. The second kappa shape index (κ2) is 6.48. The second-order valence-electron chi connectivity index (χ2n) is 6.06. The van der Waals surface area contributed by atoms with Gasteiger partial charge in [-0.05, 0) is 24.5 Å². The van der Waals surface area contributed by atoms with Gasteiger partial charge in [-0.2, -0.15) is 0 Å². The molecule has 22 heavy (non-hydrogen) atoms. The van der Waals surface area contributed by atoms with Gasteiger partial charge in [-0.25, -0.2) is 0 Å². The molecular formula is C17H23N3O2. The van der Waals surface area contributed by atoms with Gasteiger partial charge >= 0.3 is 0 Å². The minimum Gasteiger partial charge on any atom is -0.342 e. The van der Waals surface area contributed by atoms with Gasteiger partial charge in [0.1, 0.15) is 0 Å². The van der Waals surface area contributed by atoms with Crippen molar-refractivity contribution in [1.82, 2.24) is 9.80 Å². The van der Waals surface area contributed by atoms with E-state index >= 15 is 0 Å². The molecule has 0 N–H and O–H groups in total. The molecule has 0 unspecified atom stereocenters. The Labute approximate surface area is 131 Å². The van der Waals surface area contributed by atoms with Crippen LogP contribution in [0.4, 0.5) is 5.69 Å². The highest BCUT2D eigenvalue weighted by Crippen LogP contribution is 2.27. The number of para-hydroxylation sites is 1. The third-order valence-electron chi connectivity index (χ3n) is 4.58. The highest BCUT2D eigenvalue weighted by Gasteiger charge is 2.26. The van der Waals surface area contributed by atoms with Crippen LogP contribution in [0.5, 0.6) is 0 Å². The van der Waals surface area contributed by atoms with Gasteiger partial charge in [0.05, 0.1) is 6.54 Å². The van der Waals surface area contributed by atoms with E-state index in [2.05, 4.69) is 11.0 Å². The van der Waals surface area contributed by atoms with Gasteiger partial charge in [-0.1, -0.05) is 18.2 Å². The molecule has 0 spiro atoms. The van der Waals surface area contributed by atoms with Gasteiger partial charge in [-0.3, -0.25) is 14.5 Å². The molecule has 0 aromatic heterocycles. The molecule has 0 radical (unpaired) electrons. The summed E-state index contributed by atoms with van der Waals surface area (Å²) in [5.74, 6) is 0.294. The van der Waals surface area contributed by atoms with Crippen LogP contribution in [0.25, 0.3) is 0 Å². The lowest BCUT2D eigenvalue weighted by atomic mass is 10.2. The lowest BCUT2D eigenvalue weighted by molar-refractivity contribution is -0.128. The first-order valence-electron chi connectivity index (χ1n) is 8.01. The molecule has 1 aromatic carbocycles. The van der Waals surface area contributed by atoms with Crippen LogP contribution < -0.4 is 4.90 Å². The predicted octanol–water partition coefficient (Wildman–Crippen LogP) is 1.13. The third kappa shape index (κ3) is 3.14. The molecule has 1 fully saturated rings. The summed E-state index contributed by atoms with van der Waals surface area (Å²) in [7, 11) is 0. The maximum absolute atomic E-state index is 12.6. The molecule has 2 amide bonds. The molecule has 0 aliphatic carbocycles. The molecule has 5 heteroatoms. The summed E-state index contributed by atoms with van der Waals surface area (Å²) in [6.45, 7) is 6.02. The number of hydrogen-bond acceptors (Lipinski definition) is 3. The van der Waals surface area contributed by atoms with Crippen LogP contribution in [0.1, 0.15) is 18.9 Å². The molecule has 0 bridgehead atoms. The molecule has 2 aliphatic rings. The first kappa shape index (κ1) is 15.0. The van der Waals surface area contributed by atoms with Crippen molar-refractivity contribution in [2.24, 2.45) is 0 Å². The van der Waals surface area contributed by atoms with E-state index in [0.29, 0.717) is 6.54 Å². The Hall–Kier alpha value is -1.88. The van der Waals surface area contributed by atoms with E-state index in [0.717, 1.165) is 51.3 Å². The number of rotatable bonds is 2. The van der Waals surface area contributed by atoms with E-state index in [1.54, 1.807) is 6.92 Å². The summed E-state index contributed by atoms with van der Waals surface area (Å²) in [5.41, 5.74) is 2.32. The van der Waals surface area contributed by atoms with Gasteiger partial charge in [0.25, 0.3) is 0 Å². The van der Waals surface area contributed by atoms with Crippen LogP contribution in [0, 0.1) is 0 Å². The number of carbonyl (C=O) groups excluding carboxylic acids is 2. The lowest BCUT2D eigenvalue weighted by Crippen LogP contribution is -2.41. The molecule has 0 atom stereocenters. The van der Waals surface area contributed by atoms with Gasteiger partial charge in [0, 0.05) is 45.3 Å². The van der Waals surface area contributed by atoms with Gasteiger partial charge in [0.15, 0.2) is 0 Å². The fourth-order valence-electron chi connectivity index (χ4n) is 3.32. The van der Waals surface area contributed by atoms with Crippen molar-refractivity contribution >= 4 is 17.5 Å². The number of amides is 2. The first-order valence-corrected chi connectivity index (χ1v) is 8.01. The molecular weight excluding hydrogens is 278 g/mol. The fraction of sp³-hybridized carbons (Fsp3) is 0.529. The molecule has 1 saturated heterocycles. The van der Waals surface area contributed by atoms with E-state index in [1.807, 2.05) is 28.0 Å². The molecule has 2 aliphatic heterocycles. The molecule has 3 rings (SSSR count). The minimum absolute atomic E-state index is 0.127. The average molecular weight is 301 g/mol. The highest BCUT2D eigenvalue weighted by molar-refractivity contribution is 5.96. The summed E-state index contributed by atoms with van der Waals surface area (Å²) in [4.78, 5) is 30.0. The maximum Gasteiger partial charge on any atom is 0.241 e. The Morgan fingerprint density at radius 2 is 1.86 bits per heavy atom. The average Bonchev–Trinajstić information content (AvgIpc) is 2.80. The van der Waals surface area contributed by atoms with Gasteiger partial charge in [0.2, 0.25) is 11.8 Å². The van der Waals surface area contributed by atoms with E-state index in [4.69, 9.17) is 0 Å². The zero-order valence-electron chi connectivity index (χ0n) is 13.1. The number of hydrogen-bond donors (Lipinski definition) is 0. The van der Waals surface area contributed by atoms with Crippen LogP contribution in [0.3, 0.4) is 0 Å². The molecule has 1 aromatic rings. The highest BCUT2D eigenvalue weighted by atomic mass is 16.2. The normalized spacial score (nSPS) is 19.0. The Bertz CT molecular complexity index is 573. The van der Waals surface area contributed by atoms with Crippen molar-refractivity contribution in [3.05, 3.63) is 29.8 Å². The Morgan fingerprint density at radius 3 is 2.68 bits per heavy atom. The molecule has 2 heterocycles. The number of carbonyl (C=O) groups is 2. The second-order valence-corrected chi connectivity index (χ2v) is 6.06. The number of fused-ring (bicyclic) bond motifs is 1. The first-order chi connectivity index (χ1) is 10.6. The van der Waals surface area contributed by atoms with Crippen LogP contribution in [-0.4, -0.2) is 60.9 Å².